The first-order chi connectivity index (χ1) is 18.4. The number of aryl methyl sites for hydroxylation is 1. The zero-order valence-corrected chi connectivity index (χ0v) is 21.8. The Morgan fingerprint density at radius 2 is 1.55 bits per heavy atom. The molecule has 2 amide bonds. The summed E-state index contributed by atoms with van der Waals surface area (Å²) in [5, 5.41) is 4.04. The highest BCUT2D eigenvalue weighted by Crippen LogP contribution is 2.41. The molecule has 2 fully saturated rings. The molecule has 1 spiro atoms. The maximum atomic E-state index is 13.0. The molecule has 9 nitrogen and oxygen atoms in total. The van der Waals surface area contributed by atoms with Crippen molar-refractivity contribution in [3.8, 4) is 17.1 Å². The molecule has 0 atom stereocenters. The maximum Gasteiger partial charge on any atom is 0.253 e. The highest BCUT2D eigenvalue weighted by atomic mass is 16.5. The zero-order valence-electron chi connectivity index (χ0n) is 21.8. The van der Waals surface area contributed by atoms with Crippen molar-refractivity contribution in [1.82, 2.24) is 19.9 Å². The molecule has 2 aliphatic heterocycles. The number of methoxy groups -OCH3 is 1. The Morgan fingerprint density at radius 3 is 2.18 bits per heavy atom. The number of piperidine rings is 1. The van der Waals surface area contributed by atoms with E-state index in [0.29, 0.717) is 48.8 Å². The van der Waals surface area contributed by atoms with Gasteiger partial charge in [-0.05, 0) is 68.0 Å². The summed E-state index contributed by atoms with van der Waals surface area (Å²) in [6, 6.07) is 14.3. The lowest BCUT2D eigenvalue weighted by molar-refractivity contribution is -0.130. The number of Topliss-reactive ketones (excluding diaryl/α,β-unsaturated/α-hetero) is 1. The Hall–Kier alpha value is -4.01. The van der Waals surface area contributed by atoms with Crippen LogP contribution in [0, 0.1) is 5.41 Å². The molecule has 9 heteroatoms. The van der Waals surface area contributed by atoms with E-state index in [0.717, 1.165) is 43.7 Å². The number of ketones is 1. The first-order valence-corrected chi connectivity index (χ1v) is 13.0. The van der Waals surface area contributed by atoms with Crippen molar-refractivity contribution in [3.63, 3.8) is 0 Å². The van der Waals surface area contributed by atoms with E-state index >= 15 is 0 Å². The normalized spacial score (nSPS) is 16.6. The van der Waals surface area contributed by atoms with Gasteiger partial charge in [0, 0.05) is 55.7 Å². The van der Waals surface area contributed by atoms with Crippen molar-refractivity contribution < 1.29 is 23.6 Å². The molecule has 1 aromatic heterocycles. The first-order valence-electron chi connectivity index (χ1n) is 13.0. The lowest BCUT2D eigenvalue weighted by Gasteiger charge is -2.39. The van der Waals surface area contributed by atoms with Gasteiger partial charge in [-0.15, -0.1) is 0 Å². The lowest BCUT2D eigenvalue weighted by atomic mass is 9.77. The third-order valence-electron chi connectivity index (χ3n) is 7.81. The predicted octanol–water partition coefficient (Wildman–Crippen LogP) is 4.04. The van der Waals surface area contributed by atoms with Gasteiger partial charge in [0.25, 0.3) is 5.91 Å². The van der Waals surface area contributed by atoms with Crippen LogP contribution in [0.3, 0.4) is 0 Å². The molecule has 0 radical (unpaired) electrons. The van der Waals surface area contributed by atoms with Crippen molar-refractivity contribution in [2.45, 2.75) is 39.0 Å². The highest BCUT2D eigenvalue weighted by molar-refractivity contribution is 5.97. The number of likely N-dealkylation sites (tertiary alicyclic amines) is 2. The summed E-state index contributed by atoms with van der Waals surface area (Å²) in [5.41, 5.74) is 2.10. The molecular formula is C29H32N4O5. The van der Waals surface area contributed by atoms with Crippen LogP contribution in [-0.2, 0) is 11.2 Å². The van der Waals surface area contributed by atoms with Gasteiger partial charge in [0.05, 0.1) is 7.11 Å². The Kier molecular flexibility index (Phi) is 7.26. The first kappa shape index (κ1) is 25.6. The summed E-state index contributed by atoms with van der Waals surface area (Å²) in [6.45, 7) is 4.32. The van der Waals surface area contributed by atoms with Crippen molar-refractivity contribution in [2.24, 2.45) is 5.41 Å². The van der Waals surface area contributed by atoms with Crippen LogP contribution in [0.2, 0.25) is 0 Å². The molecule has 5 rings (SSSR count). The summed E-state index contributed by atoms with van der Waals surface area (Å²) in [6.07, 6.45) is 3.43. The molecule has 3 heterocycles. The molecule has 2 saturated heterocycles. The third-order valence-corrected chi connectivity index (χ3v) is 7.81. The average Bonchev–Trinajstić information content (AvgIpc) is 3.60. The fourth-order valence-electron chi connectivity index (χ4n) is 5.36. The minimum absolute atomic E-state index is 0.00514. The van der Waals surface area contributed by atoms with Crippen LogP contribution in [0.25, 0.3) is 11.4 Å². The smallest absolute Gasteiger partial charge is 0.253 e. The van der Waals surface area contributed by atoms with Crippen LogP contribution < -0.4 is 4.74 Å². The maximum absolute atomic E-state index is 13.0. The third kappa shape index (κ3) is 5.46. The number of aromatic nitrogens is 2. The predicted molar refractivity (Wildman–Crippen MR) is 140 cm³/mol. The van der Waals surface area contributed by atoms with E-state index in [4.69, 9.17) is 9.26 Å². The number of carbonyl (C=O) groups excluding carboxylic acids is 3. The molecule has 0 N–H and O–H groups in total. The monoisotopic (exact) mass is 516 g/mol. The average molecular weight is 517 g/mol. The molecule has 2 aliphatic rings. The molecular weight excluding hydrogens is 484 g/mol. The van der Waals surface area contributed by atoms with Gasteiger partial charge in [-0.1, -0.05) is 17.3 Å². The molecule has 0 unspecified atom stereocenters. The molecule has 0 bridgehead atoms. The van der Waals surface area contributed by atoms with E-state index in [1.165, 1.54) is 6.92 Å². The second-order valence-electron chi connectivity index (χ2n) is 10.2. The fraction of sp³-hybridized carbons (Fsp3) is 0.414. The van der Waals surface area contributed by atoms with Crippen molar-refractivity contribution in [3.05, 3.63) is 65.5 Å². The van der Waals surface area contributed by atoms with Crippen LogP contribution >= 0.6 is 0 Å². The molecule has 2 aromatic carbocycles. The summed E-state index contributed by atoms with van der Waals surface area (Å²) in [7, 11) is 1.61. The van der Waals surface area contributed by atoms with E-state index in [1.54, 1.807) is 31.4 Å². The summed E-state index contributed by atoms with van der Waals surface area (Å²) in [4.78, 5) is 45.7. The van der Waals surface area contributed by atoms with Crippen LogP contribution in [0.15, 0.2) is 53.1 Å². The molecule has 0 aliphatic carbocycles. The highest BCUT2D eigenvalue weighted by Gasteiger charge is 2.42. The van der Waals surface area contributed by atoms with Crippen LogP contribution in [0.4, 0.5) is 0 Å². The topological polar surface area (TPSA) is 106 Å². The molecule has 3 aromatic rings. The second kappa shape index (κ2) is 10.8. The van der Waals surface area contributed by atoms with Crippen LogP contribution in [-0.4, -0.2) is 70.8 Å². The van der Waals surface area contributed by atoms with E-state index < -0.39 is 0 Å². The molecule has 0 saturated carbocycles. The van der Waals surface area contributed by atoms with E-state index in [2.05, 4.69) is 10.1 Å². The Balaban J connectivity index is 1.10. The minimum Gasteiger partial charge on any atom is -0.497 e. The van der Waals surface area contributed by atoms with Gasteiger partial charge in [-0.3, -0.25) is 14.4 Å². The van der Waals surface area contributed by atoms with Gasteiger partial charge in [0.1, 0.15) is 5.75 Å². The van der Waals surface area contributed by atoms with Crippen molar-refractivity contribution in [2.75, 3.05) is 33.3 Å². The number of nitrogens with zero attached hydrogens (tertiary/aromatic N) is 4. The Morgan fingerprint density at radius 1 is 0.921 bits per heavy atom. The lowest BCUT2D eigenvalue weighted by Crippen LogP contribution is -2.44. The standard InChI is InChI=1S/C29H32N4O5/c1-20(34)21-3-5-23(6-4-21)28(36)32-16-13-29(14-17-32)15-18-33(19-29)26(35)12-11-25-30-27(31-38-25)22-7-9-24(37-2)10-8-22/h3-10H,11-19H2,1-2H3. The van der Waals surface area contributed by atoms with Crippen molar-refractivity contribution >= 4 is 17.6 Å². The van der Waals surface area contributed by atoms with E-state index in [1.807, 2.05) is 34.1 Å². The van der Waals surface area contributed by atoms with Gasteiger partial charge in [0.2, 0.25) is 17.6 Å². The van der Waals surface area contributed by atoms with Gasteiger partial charge >= 0.3 is 0 Å². The summed E-state index contributed by atoms with van der Waals surface area (Å²) < 4.78 is 10.5. The number of carbonyl (C=O) groups is 3. The van der Waals surface area contributed by atoms with E-state index in [9.17, 15) is 14.4 Å². The second-order valence-corrected chi connectivity index (χ2v) is 10.2. The number of rotatable bonds is 7. The van der Waals surface area contributed by atoms with Crippen LogP contribution in [0.1, 0.15) is 59.2 Å². The van der Waals surface area contributed by atoms with Crippen LogP contribution in [0.5, 0.6) is 5.75 Å². The largest absolute Gasteiger partial charge is 0.497 e. The quantitative estimate of drug-likeness (QED) is 0.437. The van der Waals surface area contributed by atoms with Gasteiger partial charge in [0.15, 0.2) is 5.78 Å². The number of ether oxygens (including phenoxy) is 1. The van der Waals surface area contributed by atoms with Gasteiger partial charge in [-0.2, -0.15) is 4.98 Å². The Bertz CT molecular complexity index is 1310. The Labute approximate surface area is 221 Å². The van der Waals surface area contributed by atoms with Gasteiger partial charge in [-0.25, -0.2) is 0 Å². The number of hydrogen-bond acceptors (Lipinski definition) is 7. The SMILES string of the molecule is COc1ccc(-c2noc(CCC(=O)N3CCC4(CCN(C(=O)c5ccc(C(C)=O)cc5)CC4)C3)n2)cc1. The summed E-state index contributed by atoms with van der Waals surface area (Å²) >= 11 is 0. The molecule has 38 heavy (non-hydrogen) atoms. The zero-order chi connectivity index (χ0) is 26.7. The van der Waals surface area contributed by atoms with E-state index in [-0.39, 0.29) is 23.0 Å². The fourth-order valence-corrected chi connectivity index (χ4v) is 5.36. The van der Waals surface area contributed by atoms with Gasteiger partial charge < -0.3 is 19.1 Å². The minimum atomic E-state index is -0.0142. The number of hydrogen-bond donors (Lipinski definition) is 0. The number of benzene rings is 2. The van der Waals surface area contributed by atoms with Crippen molar-refractivity contribution in [1.29, 1.82) is 0 Å². The summed E-state index contributed by atoms with van der Waals surface area (Å²) in [5.74, 6) is 1.76. The number of amides is 2. The molecule has 198 valence electrons.